The summed E-state index contributed by atoms with van der Waals surface area (Å²) in [4.78, 5) is 14.9. The Labute approximate surface area is 228 Å². The van der Waals surface area contributed by atoms with Crippen molar-refractivity contribution in [3.63, 3.8) is 0 Å². The number of rotatable bonds is 9. The number of ether oxygens (including phenoxy) is 2. The Bertz CT molecular complexity index is 1200. The van der Waals surface area contributed by atoms with Crippen molar-refractivity contribution in [1.29, 1.82) is 0 Å². The van der Waals surface area contributed by atoms with Gasteiger partial charge in [0.25, 0.3) is 5.91 Å². The van der Waals surface area contributed by atoms with E-state index in [2.05, 4.69) is 18.2 Å². The first-order chi connectivity index (χ1) is 17.8. The molecule has 196 valence electrons. The molecular formula is C30H34ClNO4S. The maximum atomic E-state index is 12.3. The number of nitrogens with zero attached hydrogens (tertiary/aromatic N) is 1. The van der Waals surface area contributed by atoms with Crippen LogP contribution in [0.15, 0.2) is 71.6 Å². The predicted molar refractivity (Wildman–Crippen MR) is 150 cm³/mol. The number of thioether (sulfide) groups is 1. The summed E-state index contributed by atoms with van der Waals surface area (Å²) in [5, 5.41) is 11.4. The molecule has 3 aromatic carbocycles. The van der Waals surface area contributed by atoms with Crippen LogP contribution in [-0.2, 0) is 11.2 Å². The monoisotopic (exact) mass is 539 g/mol. The van der Waals surface area contributed by atoms with E-state index in [1.807, 2.05) is 55.5 Å². The molecule has 1 aliphatic rings. The van der Waals surface area contributed by atoms with Gasteiger partial charge in [0, 0.05) is 48.2 Å². The molecule has 1 heterocycles. The molecule has 3 aromatic rings. The predicted octanol–water partition coefficient (Wildman–Crippen LogP) is 6.40. The van der Waals surface area contributed by atoms with E-state index in [0.717, 1.165) is 27.3 Å². The topological polar surface area (TPSA) is 59.0 Å². The largest absolute Gasteiger partial charge is 0.494 e. The molecular weight excluding hydrogens is 506 g/mol. The minimum atomic E-state index is -0.434. The molecule has 0 radical (unpaired) electrons. The first kappa shape index (κ1) is 27.5. The van der Waals surface area contributed by atoms with Crippen molar-refractivity contribution in [3.8, 4) is 5.75 Å². The van der Waals surface area contributed by atoms with Gasteiger partial charge in [-0.2, -0.15) is 0 Å². The average molecular weight is 540 g/mol. The second-order valence-electron chi connectivity index (χ2n) is 9.51. The number of halogens is 1. The highest BCUT2D eigenvalue weighted by molar-refractivity contribution is 7.99. The van der Waals surface area contributed by atoms with Crippen LogP contribution in [0.5, 0.6) is 5.75 Å². The molecule has 1 amide bonds. The molecule has 0 aromatic heterocycles. The summed E-state index contributed by atoms with van der Waals surface area (Å²) in [5.74, 6) is 1.53. The van der Waals surface area contributed by atoms with Gasteiger partial charge in [-0.25, -0.2) is 0 Å². The van der Waals surface area contributed by atoms with Gasteiger partial charge in [0.05, 0.1) is 24.9 Å². The first-order valence-electron chi connectivity index (χ1n) is 12.6. The van der Waals surface area contributed by atoms with Crippen LogP contribution in [-0.4, -0.2) is 54.6 Å². The zero-order valence-corrected chi connectivity index (χ0v) is 23.1. The van der Waals surface area contributed by atoms with Crippen LogP contribution >= 0.6 is 23.4 Å². The highest BCUT2D eigenvalue weighted by Gasteiger charge is 2.30. The molecule has 0 spiro atoms. The van der Waals surface area contributed by atoms with Gasteiger partial charge in [-0.15, -0.1) is 11.8 Å². The van der Waals surface area contributed by atoms with Crippen molar-refractivity contribution in [3.05, 3.63) is 94.0 Å². The fourth-order valence-corrected chi connectivity index (χ4v) is 5.66. The fraction of sp³-hybridized carbons (Fsp3) is 0.367. The summed E-state index contributed by atoms with van der Waals surface area (Å²) >= 11 is 8.19. The molecule has 37 heavy (non-hydrogen) atoms. The Morgan fingerprint density at radius 1 is 1.11 bits per heavy atom. The van der Waals surface area contributed by atoms with E-state index in [-0.39, 0.29) is 18.1 Å². The molecule has 4 rings (SSSR count). The quantitative estimate of drug-likeness (QED) is 0.319. The Kier molecular flexibility index (Phi) is 9.54. The Morgan fingerprint density at radius 2 is 1.89 bits per heavy atom. The van der Waals surface area contributed by atoms with Crippen molar-refractivity contribution in [2.24, 2.45) is 0 Å². The van der Waals surface area contributed by atoms with Crippen LogP contribution < -0.4 is 4.74 Å². The smallest absolute Gasteiger partial charge is 0.253 e. The second-order valence-corrected chi connectivity index (χ2v) is 11.0. The molecule has 3 unspecified atom stereocenters. The maximum absolute atomic E-state index is 12.3. The lowest BCUT2D eigenvalue weighted by molar-refractivity contribution is -0.0875. The maximum Gasteiger partial charge on any atom is 0.253 e. The third-order valence-electron chi connectivity index (χ3n) is 6.37. The van der Waals surface area contributed by atoms with Crippen molar-refractivity contribution in [2.45, 2.75) is 49.4 Å². The Balaban J connectivity index is 1.42. The number of hydrogen-bond acceptors (Lipinski definition) is 5. The van der Waals surface area contributed by atoms with Crippen LogP contribution in [0.3, 0.4) is 0 Å². The lowest BCUT2D eigenvalue weighted by Crippen LogP contribution is -2.32. The number of benzene rings is 3. The zero-order chi connectivity index (χ0) is 26.4. The molecule has 1 aliphatic heterocycles. The second kappa shape index (κ2) is 12.8. The van der Waals surface area contributed by atoms with E-state index in [4.69, 9.17) is 21.1 Å². The van der Waals surface area contributed by atoms with Crippen LogP contribution in [0.2, 0.25) is 5.02 Å². The number of aliphatic hydroxyl groups is 1. The van der Waals surface area contributed by atoms with Gasteiger partial charge in [0.2, 0.25) is 0 Å². The van der Waals surface area contributed by atoms with E-state index in [9.17, 15) is 9.90 Å². The van der Waals surface area contributed by atoms with E-state index in [1.165, 1.54) is 0 Å². The van der Waals surface area contributed by atoms with Crippen LogP contribution in [0.1, 0.15) is 52.9 Å². The van der Waals surface area contributed by atoms with Gasteiger partial charge in [-0.05, 0) is 66.4 Å². The van der Waals surface area contributed by atoms with Crippen molar-refractivity contribution in [1.82, 2.24) is 4.90 Å². The minimum Gasteiger partial charge on any atom is -0.494 e. The van der Waals surface area contributed by atoms with Crippen molar-refractivity contribution < 1.29 is 19.4 Å². The van der Waals surface area contributed by atoms with Gasteiger partial charge < -0.3 is 19.5 Å². The molecule has 1 fully saturated rings. The van der Waals surface area contributed by atoms with Gasteiger partial charge in [0.15, 0.2) is 0 Å². The minimum absolute atomic E-state index is 0.0179. The fourth-order valence-electron chi connectivity index (χ4n) is 4.50. The van der Waals surface area contributed by atoms with E-state index >= 15 is 0 Å². The normalized spacial score (nSPS) is 19.4. The number of carbonyl (C=O) groups excluding carboxylic acids is 1. The molecule has 0 saturated carbocycles. The molecule has 5 nitrogen and oxygen atoms in total. The third-order valence-corrected chi connectivity index (χ3v) is 7.87. The molecule has 3 atom stereocenters. The van der Waals surface area contributed by atoms with Crippen molar-refractivity contribution >= 4 is 29.3 Å². The molecule has 1 saturated heterocycles. The van der Waals surface area contributed by atoms with Gasteiger partial charge in [0.1, 0.15) is 5.75 Å². The Hall–Kier alpha value is -2.51. The van der Waals surface area contributed by atoms with Crippen LogP contribution in [0, 0.1) is 0 Å². The SMILES string of the molecule is CCOc1ccc(Cc2cc(C3CC(O)CC(CSc4cccc(C(=O)N(C)C)c4)O3)ccc2Cl)cc1. The summed E-state index contributed by atoms with van der Waals surface area (Å²) < 4.78 is 12.0. The van der Waals surface area contributed by atoms with Gasteiger partial charge >= 0.3 is 0 Å². The molecule has 0 aliphatic carbocycles. The third kappa shape index (κ3) is 7.51. The summed E-state index contributed by atoms with van der Waals surface area (Å²) in [7, 11) is 3.50. The summed E-state index contributed by atoms with van der Waals surface area (Å²) in [5.41, 5.74) is 3.87. The van der Waals surface area contributed by atoms with Crippen LogP contribution in [0.25, 0.3) is 0 Å². The first-order valence-corrected chi connectivity index (χ1v) is 14.0. The van der Waals surface area contributed by atoms with E-state index < -0.39 is 6.10 Å². The zero-order valence-electron chi connectivity index (χ0n) is 21.5. The number of hydrogen-bond donors (Lipinski definition) is 1. The number of amides is 1. The van der Waals surface area contributed by atoms with Crippen molar-refractivity contribution in [2.75, 3.05) is 26.5 Å². The van der Waals surface area contributed by atoms with Crippen LogP contribution in [0.4, 0.5) is 0 Å². The Morgan fingerprint density at radius 3 is 2.62 bits per heavy atom. The summed E-state index contributed by atoms with van der Waals surface area (Å²) in [6.45, 7) is 2.61. The average Bonchev–Trinajstić information content (AvgIpc) is 2.89. The standard InChI is InChI=1S/C30H34ClNO4S/c1-4-35-25-11-8-20(9-12-25)14-23-15-21(10-13-28(23)31)29-18-24(33)17-26(36-29)19-37-27-7-5-6-22(16-27)30(34)32(2)3/h5-13,15-16,24,26,29,33H,4,14,17-19H2,1-3H3. The highest BCUT2D eigenvalue weighted by Crippen LogP contribution is 2.36. The lowest BCUT2D eigenvalue weighted by Gasteiger charge is -2.33. The van der Waals surface area contributed by atoms with Gasteiger partial charge in [-0.3, -0.25) is 4.79 Å². The molecule has 1 N–H and O–H groups in total. The number of carbonyl (C=O) groups is 1. The molecule has 7 heteroatoms. The summed E-state index contributed by atoms with van der Waals surface area (Å²) in [6.07, 6.45) is 1.11. The van der Waals surface area contributed by atoms with E-state index in [1.54, 1.807) is 30.8 Å². The lowest BCUT2D eigenvalue weighted by atomic mass is 9.94. The van der Waals surface area contributed by atoms with E-state index in [0.29, 0.717) is 42.2 Å². The molecule has 0 bridgehead atoms. The summed E-state index contributed by atoms with van der Waals surface area (Å²) in [6, 6.07) is 21.7. The number of aliphatic hydroxyl groups excluding tert-OH is 1. The highest BCUT2D eigenvalue weighted by atomic mass is 35.5. The van der Waals surface area contributed by atoms with Gasteiger partial charge in [-0.1, -0.05) is 41.9 Å².